The predicted octanol–water partition coefficient (Wildman–Crippen LogP) is 0.458. The number of nitrogens with zero attached hydrogens (tertiary/aromatic N) is 2. The van der Waals surface area contributed by atoms with Gasteiger partial charge in [0.15, 0.2) is 11.5 Å². The van der Waals surface area contributed by atoms with Gasteiger partial charge in [-0.15, -0.1) is 12.4 Å². The number of sulfonamides is 1. The van der Waals surface area contributed by atoms with Gasteiger partial charge in [-0.2, -0.15) is 9.82 Å². The fraction of sp³-hybridized carbons (Fsp3) is 0.286. The lowest BCUT2D eigenvalue weighted by Gasteiger charge is -2.15. The number of hydrogen-bond donors (Lipinski definition) is 3. The first-order valence-corrected chi connectivity index (χ1v) is 8.75. The Kier molecular flexibility index (Phi) is 5.64. The Balaban J connectivity index is 0.00000243. The van der Waals surface area contributed by atoms with Crippen molar-refractivity contribution in [3.8, 4) is 11.5 Å². The molecule has 0 radical (unpaired) electrons. The molecule has 10 nitrogen and oxygen atoms in total. The van der Waals surface area contributed by atoms with Crippen LogP contribution in [0.2, 0.25) is 0 Å². The summed E-state index contributed by atoms with van der Waals surface area (Å²) in [5.74, 6) is 0.368. The van der Waals surface area contributed by atoms with Gasteiger partial charge < -0.3 is 20.5 Å². The van der Waals surface area contributed by atoms with Crippen LogP contribution < -0.4 is 25.2 Å². The number of amides is 1. The lowest BCUT2D eigenvalue weighted by molar-refractivity contribution is -0.117. The van der Waals surface area contributed by atoms with E-state index in [1.165, 1.54) is 36.1 Å². The Morgan fingerprint density at radius 2 is 2.00 bits per heavy atom. The molecule has 12 heteroatoms. The predicted molar refractivity (Wildman–Crippen MR) is 95.8 cm³/mol. The van der Waals surface area contributed by atoms with E-state index >= 15 is 0 Å². The van der Waals surface area contributed by atoms with E-state index in [4.69, 9.17) is 15.2 Å². The van der Waals surface area contributed by atoms with Gasteiger partial charge in [0.1, 0.15) is 4.90 Å². The topological polar surface area (TPSA) is 138 Å². The molecule has 1 atom stereocenters. The van der Waals surface area contributed by atoms with Crippen LogP contribution in [-0.2, 0) is 21.9 Å². The maximum atomic E-state index is 12.3. The summed E-state index contributed by atoms with van der Waals surface area (Å²) in [5, 5.41) is 6.37. The summed E-state index contributed by atoms with van der Waals surface area (Å²) in [5.41, 5.74) is 6.45. The molecule has 2 heterocycles. The largest absolute Gasteiger partial charge is 0.454 e. The van der Waals surface area contributed by atoms with E-state index in [-0.39, 0.29) is 29.8 Å². The fourth-order valence-electron chi connectivity index (χ4n) is 2.20. The first kappa shape index (κ1) is 19.8. The van der Waals surface area contributed by atoms with Gasteiger partial charge in [-0.25, -0.2) is 8.42 Å². The molecule has 0 bridgehead atoms. The maximum Gasteiger partial charge on any atom is 0.244 e. The molecule has 0 spiro atoms. The summed E-state index contributed by atoms with van der Waals surface area (Å²) >= 11 is 0. The number of nitrogens with one attached hydrogen (secondary N) is 2. The second-order valence-corrected chi connectivity index (χ2v) is 7.19. The number of aromatic nitrogens is 2. The molecular weight excluding hydrogens is 386 g/mol. The van der Waals surface area contributed by atoms with Crippen molar-refractivity contribution in [3.63, 3.8) is 0 Å². The highest BCUT2D eigenvalue weighted by Crippen LogP contribution is 2.38. The number of anilines is 2. The zero-order valence-electron chi connectivity index (χ0n) is 13.9. The number of carbonyl (C=O) groups is 1. The molecule has 2 aromatic rings. The van der Waals surface area contributed by atoms with Crippen LogP contribution in [0.25, 0.3) is 0 Å². The summed E-state index contributed by atoms with van der Waals surface area (Å²) in [7, 11) is -2.27. The lowest BCUT2D eigenvalue weighted by Crippen LogP contribution is -2.41. The third-order valence-corrected chi connectivity index (χ3v) is 5.01. The zero-order valence-corrected chi connectivity index (χ0v) is 15.6. The average molecular weight is 404 g/mol. The number of ether oxygens (including phenoxy) is 2. The number of nitrogens with two attached hydrogens (primary N) is 1. The van der Waals surface area contributed by atoms with E-state index in [1.54, 1.807) is 7.05 Å². The Hall–Kier alpha value is -2.50. The number of nitrogen functional groups attached to an aromatic ring is 1. The van der Waals surface area contributed by atoms with E-state index in [1.807, 2.05) is 0 Å². The molecule has 1 aromatic heterocycles. The van der Waals surface area contributed by atoms with Crippen LogP contribution in [0.1, 0.15) is 6.92 Å². The highest BCUT2D eigenvalue weighted by atomic mass is 35.5. The number of fused-ring (bicyclic) bond motifs is 1. The van der Waals surface area contributed by atoms with Crippen molar-refractivity contribution in [2.24, 2.45) is 7.05 Å². The number of hydrogen-bond acceptors (Lipinski definition) is 7. The van der Waals surface area contributed by atoms with Crippen molar-refractivity contribution in [1.29, 1.82) is 0 Å². The van der Waals surface area contributed by atoms with Gasteiger partial charge >= 0.3 is 0 Å². The molecule has 4 N–H and O–H groups in total. The smallest absolute Gasteiger partial charge is 0.244 e. The first-order valence-electron chi connectivity index (χ1n) is 7.27. The van der Waals surface area contributed by atoms with Gasteiger partial charge in [0.25, 0.3) is 0 Å². The number of rotatable bonds is 5. The van der Waals surface area contributed by atoms with Gasteiger partial charge in [0, 0.05) is 25.4 Å². The molecular formula is C14H18ClN5O5S. The van der Waals surface area contributed by atoms with Crippen molar-refractivity contribution >= 4 is 39.7 Å². The molecule has 0 saturated heterocycles. The van der Waals surface area contributed by atoms with E-state index in [0.717, 1.165) is 0 Å². The van der Waals surface area contributed by atoms with Crippen molar-refractivity contribution in [2.75, 3.05) is 17.8 Å². The number of aryl methyl sites for hydroxylation is 1. The van der Waals surface area contributed by atoms with Crippen LogP contribution in [0.3, 0.4) is 0 Å². The third-order valence-electron chi connectivity index (χ3n) is 3.52. The van der Waals surface area contributed by atoms with Gasteiger partial charge in [0.2, 0.25) is 22.7 Å². The van der Waals surface area contributed by atoms with Crippen molar-refractivity contribution in [1.82, 2.24) is 14.5 Å². The minimum atomic E-state index is -3.87. The Morgan fingerprint density at radius 3 is 2.62 bits per heavy atom. The first-order chi connectivity index (χ1) is 11.8. The van der Waals surface area contributed by atoms with Crippen molar-refractivity contribution in [2.45, 2.75) is 17.9 Å². The summed E-state index contributed by atoms with van der Waals surface area (Å²) < 4.78 is 38.5. The van der Waals surface area contributed by atoms with Crippen molar-refractivity contribution < 1.29 is 22.7 Å². The fourth-order valence-corrected chi connectivity index (χ4v) is 3.38. The van der Waals surface area contributed by atoms with E-state index in [2.05, 4.69) is 15.1 Å². The summed E-state index contributed by atoms with van der Waals surface area (Å²) in [6, 6.07) is 2.02. The Morgan fingerprint density at radius 1 is 1.35 bits per heavy atom. The monoisotopic (exact) mass is 403 g/mol. The van der Waals surface area contributed by atoms with Crippen LogP contribution >= 0.6 is 12.4 Å². The molecule has 142 valence electrons. The van der Waals surface area contributed by atoms with Crippen molar-refractivity contribution in [3.05, 3.63) is 24.5 Å². The molecule has 1 unspecified atom stereocenters. The third kappa shape index (κ3) is 4.00. The molecule has 1 amide bonds. The number of carbonyl (C=O) groups excluding carboxylic acids is 1. The van der Waals surface area contributed by atoms with E-state index in [9.17, 15) is 13.2 Å². The maximum absolute atomic E-state index is 12.3. The van der Waals surface area contributed by atoms with Crippen LogP contribution in [0.4, 0.5) is 11.4 Å². The summed E-state index contributed by atoms with van der Waals surface area (Å²) in [4.78, 5) is 12.3. The van der Waals surface area contributed by atoms with Gasteiger partial charge in [0.05, 0.1) is 23.6 Å². The molecule has 0 aliphatic carbocycles. The standard InChI is InChI=1S/C14H17N5O5S.ClH/c1-8(18-25(21,22)9-5-16-19(2)6-9)14(20)17-11-4-13-12(3-10(11)15)23-7-24-13;/h3-6,8,18H,7,15H2,1-2H3,(H,17,20);1H. The van der Waals surface area contributed by atoms with E-state index in [0.29, 0.717) is 17.2 Å². The second kappa shape index (κ2) is 7.40. The number of benzene rings is 1. The Bertz CT molecular complexity index is 930. The highest BCUT2D eigenvalue weighted by Gasteiger charge is 2.24. The van der Waals surface area contributed by atoms with Gasteiger partial charge in [-0.3, -0.25) is 9.48 Å². The Labute approximate surface area is 156 Å². The van der Waals surface area contributed by atoms with E-state index < -0.39 is 22.0 Å². The van der Waals surface area contributed by atoms with Crippen LogP contribution in [0.15, 0.2) is 29.4 Å². The molecule has 26 heavy (non-hydrogen) atoms. The second-order valence-electron chi connectivity index (χ2n) is 5.47. The molecule has 1 aliphatic heterocycles. The quantitative estimate of drug-likeness (QED) is 0.616. The average Bonchev–Trinajstić information content (AvgIpc) is 3.16. The molecule has 0 fully saturated rings. The van der Waals surface area contributed by atoms with Crippen LogP contribution in [0.5, 0.6) is 11.5 Å². The molecule has 1 aromatic carbocycles. The van der Waals surface area contributed by atoms with Crippen LogP contribution in [0, 0.1) is 0 Å². The normalized spacial score (nSPS) is 13.8. The summed E-state index contributed by atoms with van der Waals surface area (Å²) in [6.07, 6.45) is 2.53. The zero-order chi connectivity index (χ0) is 18.2. The van der Waals surface area contributed by atoms with Gasteiger partial charge in [-0.1, -0.05) is 0 Å². The van der Waals surface area contributed by atoms with Crippen LogP contribution in [-0.4, -0.2) is 36.9 Å². The van der Waals surface area contributed by atoms with Gasteiger partial charge in [-0.05, 0) is 6.92 Å². The SMILES string of the molecule is CC(NS(=O)(=O)c1cnn(C)c1)C(=O)Nc1cc2c(cc1N)OCO2.Cl. The number of halogens is 1. The molecule has 0 saturated carbocycles. The molecule has 3 rings (SSSR count). The molecule has 1 aliphatic rings. The highest BCUT2D eigenvalue weighted by molar-refractivity contribution is 7.89. The minimum absolute atomic E-state index is 0. The summed E-state index contributed by atoms with van der Waals surface area (Å²) in [6.45, 7) is 1.50. The minimum Gasteiger partial charge on any atom is -0.454 e. The lowest BCUT2D eigenvalue weighted by atomic mass is 10.2.